The lowest BCUT2D eigenvalue weighted by Gasteiger charge is -2.01. The van der Waals surface area contributed by atoms with Gasteiger partial charge in [0.1, 0.15) is 6.23 Å². The van der Waals surface area contributed by atoms with Crippen LogP contribution in [0.4, 0.5) is 0 Å². The van der Waals surface area contributed by atoms with Crippen molar-refractivity contribution in [3.63, 3.8) is 0 Å². The fourth-order valence-corrected chi connectivity index (χ4v) is 0.833. The molecule has 2 atom stereocenters. The summed E-state index contributed by atoms with van der Waals surface area (Å²) in [7, 11) is 0. The second kappa shape index (κ2) is 1.80. The second-order valence-corrected chi connectivity index (χ2v) is 2.06. The zero-order valence-corrected chi connectivity index (χ0v) is 4.55. The molecule has 0 amide bonds. The van der Waals surface area contributed by atoms with Gasteiger partial charge in [0.25, 0.3) is 0 Å². The molecule has 1 heterocycles. The predicted molar refractivity (Wildman–Crippen MR) is 27.8 cm³/mol. The summed E-state index contributed by atoms with van der Waals surface area (Å²) in [5.41, 5.74) is 5.40. The standard InChI is InChI=1S/C5H11NO/c1-4-2-3-5(6)7-4/h4-5H,2-3,6H2,1H3/t4-,5-/m1/s1. The van der Waals surface area contributed by atoms with Crippen LogP contribution in [0.15, 0.2) is 0 Å². The van der Waals surface area contributed by atoms with Gasteiger partial charge in [-0.3, -0.25) is 0 Å². The summed E-state index contributed by atoms with van der Waals surface area (Å²) in [4.78, 5) is 0. The van der Waals surface area contributed by atoms with Crippen molar-refractivity contribution in [2.24, 2.45) is 5.73 Å². The monoisotopic (exact) mass is 101 g/mol. The van der Waals surface area contributed by atoms with E-state index in [9.17, 15) is 0 Å². The normalized spacial score (nSPS) is 42.0. The first kappa shape index (κ1) is 5.06. The molecule has 0 saturated carbocycles. The third kappa shape index (κ3) is 1.14. The number of nitrogens with two attached hydrogens (primary N) is 1. The van der Waals surface area contributed by atoms with Gasteiger partial charge in [0, 0.05) is 0 Å². The van der Waals surface area contributed by atoms with Gasteiger partial charge >= 0.3 is 0 Å². The molecule has 1 rings (SSSR count). The van der Waals surface area contributed by atoms with Crippen molar-refractivity contribution in [1.82, 2.24) is 0 Å². The van der Waals surface area contributed by atoms with E-state index < -0.39 is 0 Å². The maximum absolute atomic E-state index is 5.40. The van der Waals surface area contributed by atoms with Crippen molar-refractivity contribution in [2.75, 3.05) is 0 Å². The zero-order valence-electron chi connectivity index (χ0n) is 4.55. The highest BCUT2D eigenvalue weighted by Gasteiger charge is 2.16. The van der Waals surface area contributed by atoms with Crippen molar-refractivity contribution in [1.29, 1.82) is 0 Å². The van der Waals surface area contributed by atoms with Gasteiger partial charge in [-0.2, -0.15) is 0 Å². The molecule has 1 fully saturated rings. The molecule has 1 aliphatic heterocycles. The fraction of sp³-hybridized carbons (Fsp3) is 1.00. The summed E-state index contributed by atoms with van der Waals surface area (Å²) in [6.45, 7) is 2.05. The minimum atomic E-state index is 0.0231. The van der Waals surface area contributed by atoms with Crippen LogP contribution in [-0.2, 0) is 4.74 Å². The van der Waals surface area contributed by atoms with Crippen LogP contribution in [-0.4, -0.2) is 12.3 Å². The minimum Gasteiger partial charge on any atom is -0.361 e. The Hall–Kier alpha value is -0.0800. The molecule has 0 aromatic carbocycles. The van der Waals surface area contributed by atoms with Gasteiger partial charge in [-0.1, -0.05) is 0 Å². The third-order valence-corrected chi connectivity index (χ3v) is 1.26. The van der Waals surface area contributed by atoms with E-state index in [1.807, 2.05) is 6.92 Å². The topological polar surface area (TPSA) is 35.2 Å². The summed E-state index contributed by atoms with van der Waals surface area (Å²) in [5.74, 6) is 0. The molecule has 2 heteroatoms. The van der Waals surface area contributed by atoms with Gasteiger partial charge in [0.2, 0.25) is 0 Å². The molecule has 0 unspecified atom stereocenters. The first-order chi connectivity index (χ1) is 3.29. The van der Waals surface area contributed by atoms with E-state index in [1.54, 1.807) is 0 Å². The van der Waals surface area contributed by atoms with Crippen molar-refractivity contribution in [3.8, 4) is 0 Å². The van der Waals surface area contributed by atoms with Crippen LogP contribution in [0, 0.1) is 0 Å². The van der Waals surface area contributed by atoms with Crippen LogP contribution in [0.3, 0.4) is 0 Å². The molecule has 0 bridgehead atoms. The average molecular weight is 101 g/mol. The van der Waals surface area contributed by atoms with Gasteiger partial charge in [0.05, 0.1) is 6.10 Å². The third-order valence-electron chi connectivity index (χ3n) is 1.26. The van der Waals surface area contributed by atoms with Crippen LogP contribution in [0.2, 0.25) is 0 Å². The lowest BCUT2D eigenvalue weighted by molar-refractivity contribution is 0.0601. The molecule has 1 saturated heterocycles. The zero-order chi connectivity index (χ0) is 5.28. The van der Waals surface area contributed by atoms with Crippen molar-refractivity contribution in [3.05, 3.63) is 0 Å². The Balaban J connectivity index is 2.26. The smallest absolute Gasteiger partial charge is 0.106 e. The quantitative estimate of drug-likeness (QED) is 0.481. The van der Waals surface area contributed by atoms with E-state index in [0.29, 0.717) is 6.10 Å². The van der Waals surface area contributed by atoms with Crippen LogP contribution in [0.1, 0.15) is 19.8 Å². The van der Waals surface area contributed by atoms with E-state index in [1.165, 1.54) is 0 Å². The van der Waals surface area contributed by atoms with E-state index >= 15 is 0 Å². The number of hydrogen-bond acceptors (Lipinski definition) is 2. The highest BCUT2D eigenvalue weighted by molar-refractivity contribution is 4.63. The lowest BCUT2D eigenvalue weighted by atomic mass is 10.2. The Kier molecular flexibility index (Phi) is 1.30. The fourth-order valence-electron chi connectivity index (χ4n) is 0.833. The maximum atomic E-state index is 5.40. The highest BCUT2D eigenvalue weighted by atomic mass is 16.5. The molecular formula is C5H11NO. The average Bonchev–Trinajstić information content (AvgIpc) is 1.87. The van der Waals surface area contributed by atoms with Crippen LogP contribution in [0.5, 0.6) is 0 Å². The Labute approximate surface area is 43.6 Å². The van der Waals surface area contributed by atoms with Gasteiger partial charge in [0.15, 0.2) is 0 Å². The van der Waals surface area contributed by atoms with E-state index in [-0.39, 0.29) is 6.23 Å². The van der Waals surface area contributed by atoms with Crippen LogP contribution in [0.25, 0.3) is 0 Å². The predicted octanol–water partition coefficient (Wildman–Crippen LogP) is 0.470. The number of ether oxygens (including phenoxy) is 1. The van der Waals surface area contributed by atoms with Gasteiger partial charge < -0.3 is 10.5 Å². The maximum Gasteiger partial charge on any atom is 0.106 e. The Bertz CT molecular complexity index is 57.1. The van der Waals surface area contributed by atoms with Gasteiger partial charge in [-0.05, 0) is 19.8 Å². The molecule has 0 aliphatic carbocycles. The molecular weight excluding hydrogens is 90.1 g/mol. The first-order valence-corrected chi connectivity index (χ1v) is 2.70. The molecule has 0 aromatic heterocycles. The van der Waals surface area contributed by atoms with Crippen LogP contribution < -0.4 is 5.73 Å². The second-order valence-electron chi connectivity index (χ2n) is 2.06. The Morgan fingerprint density at radius 2 is 2.29 bits per heavy atom. The molecule has 0 aromatic rings. The van der Waals surface area contributed by atoms with E-state index in [4.69, 9.17) is 10.5 Å². The molecule has 2 N–H and O–H groups in total. The van der Waals surface area contributed by atoms with Crippen LogP contribution >= 0.6 is 0 Å². The van der Waals surface area contributed by atoms with E-state index in [0.717, 1.165) is 12.8 Å². The number of hydrogen-bond donors (Lipinski definition) is 1. The van der Waals surface area contributed by atoms with E-state index in [2.05, 4.69) is 0 Å². The number of rotatable bonds is 0. The summed E-state index contributed by atoms with van der Waals surface area (Å²) in [5, 5.41) is 0. The SMILES string of the molecule is C[C@@H]1CC[C@H](N)O1. The van der Waals surface area contributed by atoms with Gasteiger partial charge in [-0.25, -0.2) is 0 Å². The summed E-state index contributed by atoms with van der Waals surface area (Å²) >= 11 is 0. The summed E-state index contributed by atoms with van der Waals surface area (Å²) in [6.07, 6.45) is 2.58. The molecule has 42 valence electrons. The molecule has 2 nitrogen and oxygen atoms in total. The molecule has 0 radical (unpaired) electrons. The molecule has 1 aliphatic rings. The minimum absolute atomic E-state index is 0.0231. The molecule has 7 heavy (non-hydrogen) atoms. The summed E-state index contributed by atoms with van der Waals surface area (Å²) in [6, 6.07) is 0. The highest BCUT2D eigenvalue weighted by Crippen LogP contribution is 2.14. The largest absolute Gasteiger partial charge is 0.361 e. The van der Waals surface area contributed by atoms with Gasteiger partial charge in [-0.15, -0.1) is 0 Å². The van der Waals surface area contributed by atoms with Crippen molar-refractivity contribution in [2.45, 2.75) is 32.1 Å². The summed E-state index contributed by atoms with van der Waals surface area (Å²) < 4.78 is 5.14. The lowest BCUT2D eigenvalue weighted by Crippen LogP contribution is -2.18. The van der Waals surface area contributed by atoms with Crippen molar-refractivity contribution < 1.29 is 4.74 Å². The van der Waals surface area contributed by atoms with Crippen molar-refractivity contribution >= 4 is 0 Å². The Morgan fingerprint density at radius 1 is 1.57 bits per heavy atom. The first-order valence-electron chi connectivity index (χ1n) is 2.70. The Morgan fingerprint density at radius 3 is 2.43 bits per heavy atom. The molecule has 0 spiro atoms.